The second-order valence-electron chi connectivity index (χ2n) is 9.72. The number of hydrogen-bond acceptors (Lipinski definition) is 3. The second kappa shape index (κ2) is 6.73. The summed E-state index contributed by atoms with van der Waals surface area (Å²) in [4.78, 5) is 0. The third-order valence-electron chi connectivity index (χ3n) is 6.43. The van der Waals surface area contributed by atoms with Crippen LogP contribution in [0.5, 0.6) is 0 Å². The van der Waals surface area contributed by atoms with Gasteiger partial charge in [-0.25, -0.2) is 0 Å². The molecule has 3 rings (SSSR count). The molecular weight excluding hydrogens is 311 g/mol. The third kappa shape index (κ3) is 3.98. The normalized spacial score (nSPS) is 24.8. The first-order valence-corrected chi connectivity index (χ1v) is 10.0. The topological polar surface area (TPSA) is 36.3 Å². The van der Waals surface area contributed by atoms with Crippen molar-refractivity contribution in [2.24, 2.45) is 11.3 Å². The smallest absolute Gasteiger partial charge is 0.399 e. The highest BCUT2D eigenvalue weighted by atomic mass is 16.7. The summed E-state index contributed by atoms with van der Waals surface area (Å²) in [6.07, 6.45) is 12.1. The Kier molecular flexibility index (Phi) is 5.11. The minimum Gasteiger partial charge on any atom is -0.399 e. The zero-order chi connectivity index (χ0) is 18.3. The lowest BCUT2D eigenvalue weighted by molar-refractivity contribution is 0.00578. The van der Waals surface area contributed by atoms with Crippen molar-refractivity contribution in [2.45, 2.75) is 97.8 Å². The van der Waals surface area contributed by atoms with E-state index in [2.05, 4.69) is 57.5 Å². The van der Waals surface area contributed by atoms with Crippen LogP contribution in [0.15, 0.2) is 12.4 Å². The Labute approximate surface area is 153 Å². The lowest BCUT2D eigenvalue weighted by atomic mass is 9.69. The minimum absolute atomic E-state index is 0.304. The highest BCUT2D eigenvalue weighted by molar-refractivity contribution is 6.61. The van der Waals surface area contributed by atoms with E-state index in [1.165, 1.54) is 38.5 Å². The van der Waals surface area contributed by atoms with Crippen molar-refractivity contribution in [1.82, 2.24) is 9.78 Å². The molecule has 0 amide bonds. The molecule has 1 saturated heterocycles. The molecule has 0 aromatic carbocycles. The fraction of sp³-hybridized carbons (Fsp3) is 0.850. The molecular formula is C20H35BN2O2. The maximum atomic E-state index is 6.17. The Hall–Kier alpha value is -0.805. The van der Waals surface area contributed by atoms with Crippen LogP contribution in [0.3, 0.4) is 0 Å². The summed E-state index contributed by atoms with van der Waals surface area (Å²) in [5, 5.41) is 4.66. The van der Waals surface area contributed by atoms with E-state index in [1.54, 1.807) is 0 Å². The SMILES string of the molecule is CC(C)CC1(Cn2cc(B3OC(C)(C)C(C)(C)O3)cn2)CCCCC1. The van der Waals surface area contributed by atoms with Gasteiger partial charge in [0.05, 0.1) is 11.2 Å². The lowest BCUT2D eigenvalue weighted by Gasteiger charge is -2.38. The molecule has 0 atom stereocenters. The van der Waals surface area contributed by atoms with Crippen LogP contribution in [0.25, 0.3) is 0 Å². The fourth-order valence-corrected chi connectivity index (χ4v) is 4.51. The molecule has 0 bridgehead atoms. The summed E-state index contributed by atoms with van der Waals surface area (Å²) < 4.78 is 14.5. The first-order chi connectivity index (χ1) is 11.6. The Balaban J connectivity index is 1.73. The van der Waals surface area contributed by atoms with Crippen LogP contribution >= 0.6 is 0 Å². The molecule has 25 heavy (non-hydrogen) atoms. The molecule has 2 heterocycles. The van der Waals surface area contributed by atoms with E-state index in [4.69, 9.17) is 9.31 Å². The Bertz CT molecular complexity index is 572. The summed E-state index contributed by atoms with van der Waals surface area (Å²) in [7, 11) is -0.314. The van der Waals surface area contributed by atoms with Crippen molar-refractivity contribution in [2.75, 3.05) is 0 Å². The maximum absolute atomic E-state index is 6.17. The van der Waals surface area contributed by atoms with E-state index in [-0.39, 0.29) is 18.3 Å². The summed E-state index contributed by atoms with van der Waals surface area (Å²) in [6.45, 7) is 14.1. The average molecular weight is 346 g/mol. The van der Waals surface area contributed by atoms with Crippen LogP contribution in [0.2, 0.25) is 0 Å². The quantitative estimate of drug-likeness (QED) is 0.751. The van der Waals surface area contributed by atoms with Gasteiger partial charge in [-0.05, 0) is 58.3 Å². The molecule has 0 unspecified atom stereocenters. The molecule has 0 spiro atoms. The van der Waals surface area contributed by atoms with E-state index < -0.39 is 0 Å². The molecule has 2 fully saturated rings. The van der Waals surface area contributed by atoms with Crippen LogP contribution < -0.4 is 5.46 Å². The molecule has 1 aromatic heterocycles. The van der Waals surface area contributed by atoms with Crippen LogP contribution in [0.1, 0.15) is 80.1 Å². The van der Waals surface area contributed by atoms with Crippen molar-refractivity contribution in [3.05, 3.63) is 12.4 Å². The Morgan fingerprint density at radius 3 is 2.24 bits per heavy atom. The summed E-state index contributed by atoms with van der Waals surface area (Å²) in [5.41, 5.74) is 0.837. The first-order valence-electron chi connectivity index (χ1n) is 10.0. The summed E-state index contributed by atoms with van der Waals surface area (Å²) in [6, 6.07) is 0. The molecule has 4 nitrogen and oxygen atoms in total. The monoisotopic (exact) mass is 346 g/mol. The largest absolute Gasteiger partial charge is 0.498 e. The molecule has 0 N–H and O–H groups in total. The molecule has 2 aliphatic rings. The van der Waals surface area contributed by atoms with Crippen molar-refractivity contribution in [3.63, 3.8) is 0 Å². The van der Waals surface area contributed by atoms with E-state index >= 15 is 0 Å². The zero-order valence-electron chi connectivity index (χ0n) is 17.0. The zero-order valence-corrected chi connectivity index (χ0v) is 17.0. The molecule has 1 aliphatic heterocycles. The van der Waals surface area contributed by atoms with Crippen LogP contribution in [-0.4, -0.2) is 28.1 Å². The molecule has 1 aromatic rings. The van der Waals surface area contributed by atoms with Crippen LogP contribution in [-0.2, 0) is 15.9 Å². The molecule has 0 radical (unpaired) electrons. The van der Waals surface area contributed by atoms with E-state index in [0.29, 0.717) is 5.41 Å². The summed E-state index contributed by atoms with van der Waals surface area (Å²) in [5.74, 6) is 0.733. The van der Waals surface area contributed by atoms with Gasteiger partial charge in [0, 0.05) is 24.4 Å². The predicted octanol–water partition coefficient (Wildman–Crippen LogP) is 4.18. The van der Waals surface area contributed by atoms with Crippen molar-refractivity contribution in [1.29, 1.82) is 0 Å². The van der Waals surface area contributed by atoms with Crippen LogP contribution in [0, 0.1) is 11.3 Å². The highest BCUT2D eigenvalue weighted by Gasteiger charge is 2.52. The van der Waals surface area contributed by atoms with E-state index in [9.17, 15) is 0 Å². The van der Waals surface area contributed by atoms with Gasteiger partial charge in [-0.3, -0.25) is 4.68 Å². The Morgan fingerprint density at radius 1 is 1.08 bits per heavy atom. The van der Waals surface area contributed by atoms with E-state index in [0.717, 1.165) is 17.9 Å². The maximum Gasteiger partial charge on any atom is 0.498 e. The van der Waals surface area contributed by atoms with Crippen molar-refractivity contribution < 1.29 is 9.31 Å². The fourth-order valence-electron chi connectivity index (χ4n) is 4.51. The molecule has 140 valence electrons. The molecule has 1 aliphatic carbocycles. The third-order valence-corrected chi connectivity index (χ3v) is 6.43. The van der Waals surface area contributed by atoms with Crippen molar-refractivity contribution >= 4 is 12.6 Å². The van der Waals surface area contributed by atoms with Gasteiger partial charge in [0.15, 0.2) is 0 Å². The van der Waals surface area contributed by atoms with Gasteiger partial charge in [0.2, 0.25) is 0 Å². The van der Waals surface area contributed by atoms with Crippen LogP contribution in [0.4, 0.5) is 0 Å². The molecule has 5 heteroatoms. The van der Waals surface area contributed by atoms with Gasteiger partial charge in [-0.1, -0.05) is 33.1 Å². The lowest BCUT2D eigenvalue weighted by Crippen LogP contribution is -2.41. The number of hydrogen-bond donors (Lipinski definition) is 0. The van der Waals surface area contributed by atoms with Gasteiger partial charge in [0.25, 0.3) is 0 Å². The van der Waals surface area contributed by atoms with Gasteiger partial charge in [0.1, 0.15) is 0 Å². The Morgan fingerprint density at radius 2 is 1.68 bits per heavy atom. The highest BCUT2D eigenvalue weighted by Crippen LogP contribution is 2.42. The number of nitrogens with zero attached hydrogens (tertiary/aromatic N) is 2. The molecule has 1 saturated carbocycles. The first kappa shape index (κ1) is 19.0. The number of aromatic nitrogens is 2. The average Bonchev–Trinajstić information content (AvgIpc) is 3.01. The van der Waals surface area contributed by atoms with Gasteiger partial charge >= 0.3 is 7.12 Å². The van der Waals surface area contributed by atoms with E-state index in [1.807, 2.05) is 6.20 Å². The standard InChI is InChI=1S/C20H35BN2O2/c1-16(2)12-20(10-8-7-9-11-20)15-23-14-17(13-22-23)21-24-18(3,4)19(5,6)25-21/h13-14,16H,7-12,15H2,1-6H3. The van der Waals surface area contributed by atoms with Gasteiger partial charge in [-0.15, -0.1) is 0 Å². The number of rotatable bonds is 5. The van der Waals surface area contributed by atoms with Gasteiger partial charge < -0.3 is 9.31 Å². The predicted molar refractivity (Wildman–Crippen MR) is 103 cm³/mol. The van der Waals surface area contributed by atoms with Crippen molar-refractivity contribution in [3.8, 4) is 0 Å². The minimum atomic E-state index is -0.314. The summed E-state index contributed by atoms with van der Waals surface area (Å²) >= 11 is 0. The second-order valence-corrected chi connectivity index (χ2v) is 9.72. The van der Waals surface area contributed by atoms with Gasteiger partial charge in [-0.2, -0.15) is 5.10 Å².